The largest absolute Gasteiger partial charge is 0.497 e. The highest BCUT2D eigenvalue weighted by Crippen LogP contribution is 2.36. The highest BCUT2D eigenvalue weighted by molar-refractivity contribution is 5.27. The Bertz CT molecular complexity index is 1070. The van der Waals surface area contributed by atoms with Gasteiger partial charge in [-0.1, -0.05) is 60.7 Å². The third-order valence-electron chi connectivity index (χ3n) is 6.52. The van der Waals surface area contributed by atoms with E-state index in [2.05, 4.69) is 6.58 Å². The topological polar surface area (TPSA) is 66.4 Å². The maximum atomic E-state index is 11.2. The second kappa shape index (κ2) is 12.7. The van der Waals surface area contributed by atoms with Crippen molar-refractivity contribution in [3.8, 4) is 11.5 Å². The van der Waals surface area contributed by atoms with E-state index in [4.69, 9.17) is 23.7 Å². The van der Waals surface area contributed by atoms with Crippen LogP contribution in [0.15, 0.2) is 91.5 Å². The molecule has 0 saturated heterocycles. The van der Waals surface area contributed by atoms with Gasteiger partial charge in [0.15, 0.2) is 0 Å². The maximum absolute atomic E-state index is 11.2. The van der Waals surface area contributed by atoms with Crippen molar-refractivity contribution in [3.05, 3.63) is 108 Å². The van der Waals surface area contributed by atoms with Crippen LogP contribution in [-0.2, 0) is 34.0 Å². The average Bonchev–Trinajstić information content (AvgIpc) is 3.19. The molecule has 1 aliphatic carbocycles. The zero-order chi connectivity index (χ0) is 25.3. The van der Waals surface area contributed by atoms with Crippen molar-refractivity contribution >= 4 is 0 Å². The van der Waals surface area contributed by atoms with E-state index in [1.807, 2.05) is 78.9 Å². The molecule has 0 bridgehead atoms. The monoisotopic (exact) mass is 490 g/mol. The summed E-state index contributed by atoms with van der Waals surface area (Å²) in [5.74, 6) is 1.23. The van der Waals surface area contributed by atoms with Gasteiger partial charge in [0.1, 0.15) is 23.7 Å². The SMILES string of the molecule is C=C[C@H]1[C@@H](O)[C@H](OCc2ccccc2)[C@@H](OCc2ccc(OC)cc2)[C@@H]1OCc1ccc(OC)cc1. The van der Waals surface area contributed by atoms with E-state index in [1.165, 1.54) is 0 Å². The van der Waals surface area contributed by atoms with Crippen molar-refractivity contribution in [1.82, 2.24) is 0 Å². The second-order valence-corrected chi connectivity index (χ2v) is 8.81. The van der Waals surface area contributed by atoms with Crippen LogP contribution in [0.2, 0.25) is 0 Å². The minimum atomic E-state index is -0.812. The molecular weight excluding hydrogens is 456 g/mol. The van der Waals surface area contributed by atoms with Crippen LogP contribution in [0.1, 0.15) is 16.7 Å². The number of ether oxygens (including phenoxy) is 5. The van der Waals surface area contributed by atoms with Gasteiger partial charge in [-0.3, -0.25) is 0 Å². The van der Waals surface area contributed by atoms with Crippen molar-refractivity contribution in [3.63, 3.8) is 0 Å². The van der Waals surface area contributed by atoms with Crippen molar-refractivity contribution in [2.24, 2.45) is 5.92 Å². The molecule has 0 unspecified atom stereocenters. The first kappa shape index (κ1) is 25.9. The van der Waals surface area contributed by atoms with Crippen molar-refractivity contribution in [2.45, 2.75) is 44.2 Å². The minimum absolute atomic E-state index is 0.343. The molecule has 1 N–H and O–H groups in total. The summed E-state index contributed by atoms with van der Waals surface area (Å²) in [6, 6.07) is 25.3. The Morgan fingerprint density at radius 2 is 1.08 bits per heavy atom. The lowest BCUT2D eigenvalue weighted by atomic mass is 10.0. The lowest BCUT2D eigenvalue weighted by Gasteiger charge is -2.27. The predicted molar refractivity (Wildman–Crippen MR) is 138 cm³/mol. The standard InChI is InChI=1S/C30H34O6/c1-4-26-27(31)29(35-18-21-8-6-5-7-9-21)30(36-20-23-12-16-25(33-3)17-13-23)28(26)34-19-22-10-14-24(32-2)15-11-22/h4-17,26-31H,1,18-20H2,2-3H3/t26-,27+,28+,29-,30-/m0/s1. The maximum Gasteiger partial charge on any atom is 0.118 e. The van der Waals surface area contributed by atoms with Crippen LogP contribution < -0.4 is 9.47 Å². The van der Waals surface area contributed by atoms with E-state index in [0.29, 0.717) is 19.8 Å². The van der Waals surface area contributed by atoms with Gasteiger partial charge in [-0.2, -0.15) is 0 Å². The molecule has 1 aliphatic rings. The number of benzene rings is 3. The smallest absolute Gasteiger partial charge is 0.118 e. The molecule has 6 heteroatoms. The normalized spacial score (nSPS) is 23.4. The quantitative estimate of drug-likeness (QED) is 0.363. The number of aliphatic hydroxyl groups is 1. The third-order valence-corrected chi connectivity index (χ3v) is 6.52. The predicted octanol–water partition coefficient (Wildman–Crippen LogP) is 4.94. The molecule has 0 amide bonds. The molecule has 36 heavy (non-hydrogen) atoms. The molecule has 3 aromatic rings. The van der Waals surface area contributed by atoms with Crippen LogP contribution in [0.25, 0.3) is 0 Å². The Labute approximate surface area is 213 Å². The third kappa shape index (κ3) is 6.33. The van der Waals surface area contributed by atoms with Gasteiger partial charge in [-0.25, -0.2) is 0 Å². The number of hydrogen-bond acceptors (Lipinski definition) is 6. The van der Waals surface area contributed by atoms with Crippen molar-refractivity contribution < 1.29 is 28.8 Å². The Morgan fingerprint density at radius 1 is 0.639 bits per heavy atom. The van der Waals surface area contributed by atoms with E-state index in [9.17, 15) is 5.11 Å². The Balaban J connectivity index is 1.51. The molecule has 3 aromatic carbocycles. The van der Waals surface area contributed by atoms with Crippen LogP contribution in [0, 0.1) is 5.92 Å². The van der Waals surface area contributed by atoms with E-state index in [1.54, 1.807) is 20.3 Å². The van der Waals surface area contributed by atoms with E-state index in [0.717, 1.165) is 28.2 Å². The number of rotatable bonds is 12. The lowest BCUT2D eigenvalue weighted by molar-refractivity contribution is -0.134. The lowest BCUT2D eigenvalue weighted by Crippen LogP contribution is -2.38. The van der Waals surface area contributed by atoms with Gasteiger partial charge in [0.05, 0.1) is 46.2 Å². The van der Waals surface area contributed by atoms with Crippen LogP contribution >= 0.6 is 0 Å². The van der Waals surface area contributed by atoms with Crippen molar-refractivity contribution in [2.75, 3.05) is 14.2 Å². The first-order chi connectivity index (χ1) is 17.6. The summed E-state index contributed by atoms with van der Waals surface area (Å²) in [7, 11) is 3.28. The van der Waals surface area contributed by atoms with Gasteiger partial charge in [0.25, 0.3) is 0 Å². The fraction of sp³-hybridized carbons (Fsp3) is 0.333. The zero-order valence-corrected chi connectivity index (χ0v) is 20.8. The molecule has 190 valence electrons. The van der Waals surface area contributed by atoms with Crippen LogP contribution in [0.5, 0.6) is 11.5 Å². The molecule has 0 heterocycles. The average molecular weight is 491 g/mol. The summed E-state index contributed by atoms with van der Waals surface area (Å²) in [6.45, 7) is 5.03. The summed E-state index contributed by atoms with van der Waals surface area (Å²) < 4.78 is 29.5. The number of aliphatic hydroxyl groups excluding tert-OH is 1. The molecule has 0 radical (unpaired) electrons. The summed E-state index contributed by atoms with van der Waals surface area (Å²) in [4.78, 5) is 0. The molecule has 1 saturated carbocycles. The molecular formula is C30H34O6. The first-order valence-electron chi connectivity index (χ1n) is 12.1. The summed E-state index contributed by atoms with van der Waals surface area (Å²) >= 11 is 0. The van der Waals surface area contributed by atoms with Gasteiger partial charge in [0.2, 0.25) is 0 Å². The molecule has 5 atom stereocenters. The van der Waals surface area contributed by atoms with Crippen molar-refractivity contribution in [1.29, 1.82) is 0 Å². The van der Waals surface area contributed by atoms with Crippen LogP contribution in [0.4, 0.5) is 0 Å². The second-order valence-electron chi connectivity index (χ2n) is 8.81. The highest BCUT2D eigenvalue weighted by atomic mass is 16.6. The van der Waals surface area contributed by atoms with Gasteiger partial charge < -0.3 is 28.8 Å². The van der Waals surface area contributed by atoms with Gasteiger partial charge in [-0.15, -0.1) is 6.58 Å². The highest BCUT2D eigenvalue weighted by Gasteiger charge is 2.51. The Kier molecular flexibility index (Phi) is 9.14. The van der Waals surface area contributed by atoms with Crippen LogP contribution in [0.3, 0.4) is 0 Å². The zero-order valence-electron chi connectivity index (χ0n) is 20.8. The fourth-order valence-electron chi connectivity index (χ4n) is 4.47. The van der Waals surface area contributed by atoms with Gasteiger partial charge in [-0.05, 0) is 41.0 Å². The Morgan fingerprint density at radius 3 is 1.56 bits per heavy atom. The molecule has 4 rings (SSSR count). The summed E-state index contributed by atoms with van der Waals surface area (Å²) in [5, 5.41) is 11.2. The molecule has 0 aromatic heterocycles. The van der Waals surface area contributed by atoms with Gasteiger partial charge in [0, 0.05) is 5.92 Å². The summed E-state index contributed by atoms with van der Waals surface area (Å²) in [5.41, 5.74) is 3.01. The molecule has 0 aliphatic heterocycles. The summed E-state index contributed by atoms with van der Waals surface area (Å²) in [6.07, 6.45) is -0.579. The minimum Gasteiger partial charge on any atom is -0.497 e. The molecule has 6 nitrogen and oxygen atoms in total. The van der Waals surface area contributed by atoms with E-state index in [-0.39, 0.29) is 5.92 Å². The fourth-order valence-corrected chi connectivity index (χ4v) is 4.47. The Hall–Kier alpha value is -3.16. The molecule has 1 fully saturated rings. The number of methoxy groups -OCH3 is 2. The molecule has 0 spiro atoms. The van der Waals surface area contributed by atoms with E-state index < -0.39 is 24.4 Å². The number of hydrogen-bond donors (Lipinski definition) is 1. The van der Waals surface area contributed by atoms with Gasteiger partial charge >= 0.3 is 0 Å². The van der Waals surface area contributed by atoms with E-state index >= 15 is 0 Å². The van der Waals surface area contributed by atoms with Crippen LogP contribution in [-0.4, -0.2) is 43.7 Å². The first-order valence-corrected chi connectivity index (χ1v) is 12.1.